The van der Waals surface area contributed by atoms with Crippen molar-refractivity contribution >= 4 is 33.1 Å². The lowest BCUT2D eigenvalue weighted by Gasteiger charge is -2.08. The molecule has 4 aromatic rings. The van der Waals surface area contributed by atoms with Crippen molar-refractivity contribution in [2.45, 2.75) is 0 Å². The smallest absolute Gasteiger partial charge is 0.264 e. The molecule has 1 aromatic heterocycles. The van der Waals surface area contributed by atoms with Gasteiger partial charge in [-0.05, 0) is 29.7 Å². The van der Waals surface area contributed by atoms with E-state index in [0.29, 0.717) is 5.75 Å². The summed E-state index contributed by atoms with van der Waals surface area (Å²) in [6.45, 7) is -0.197. The van der Waals surface area contributed by atoms with Crippen molar-refractivity contribution in [3.05, 3.63) is 77.7 Å². The summed E-state index contributed by atoms with van der Waals surface area (Å²) in [5.74, 6) is -0.925. The van der Waals surface area contributed by atoms with Crippen molar-refractivity contribution in [3.63, 3.8) is 0 Å². The third kappa shape index (κ3) is 3.84. The fourth-order valence-corrected chi connectivity index (χ4v) is 3.50. The number of halogens is 2. The fourth-order valence-electron chi connectivity index (χ4n) is 2.77. The molecule has 28 heavy (non-hydrogen) atoms. The first-order valence-electron chi connectivity index (χ1n) is 8.41. The number of thiazole rings is 1. The number of benzene rings is 3. The van der Waals surface area contributed by atoms with E-state index >= 15 is 0 Å². The number of nitrogens with zero attached hydrogens (tertiary/aromatic N) is 1. The van der Waals surface area contributed by atoms with Crippen LogP contribution in [0.5, 0.6) is 5.75 Å². The van der Waals surface area contributed by atoms with Crippen molar-refractivity contribution in [1.29, 1.82) is 0 Å². The summed E-state index contributed by atoms with van der Waals surface area (Å²) in [6.07, 6.45) is 0. The quantitative estimate of drug-likeness (QED) is 0.501. The van der Waals surface area contributed by atoms with Crippen LogP contribution >= 0.6 is 11.3 Å². The Morgan fingerprint density at radius 3 is 2.79 bits per heavy atom. The molecule has 140 valence electrons. The molecule has 7 heteroatoms. The van der Waals surface area contributed by atoms with E-state index in [4.69, 9.17) is 4.74 Å². The summed E-state index contributed by atoms with van der Waals surface area (Å²) in [4.78, 5) is 16.3. The maximum atomic E-state index is 13.9. The second-order valence-corrected chi connectivity index (χ2v) is 6.83. The number of rotatable bonds is 5. The zero-order valence-electron chi connectivity index (χ0n) is 14.5. The lowest BCUT2D eigenvalue weighted by atomic mass is 10.1. The number of carbonyl (C=O) groups is 1. The van der Waals surface area contributed by atoms with Crippen LogP contribution in [0.25, 0.3) is 22.0 Å². The van der Waals surface area contributed by atoms with E-state index in [0.717, 1.165) is 40.3 Å². The SMILES string of the molecule is O=C(COc1cccc2ccccc12)Nc1nc(-c2cc(F)ccc2F)cs1. The maximum absolute atomic E-state index is 13.9. The zero-order chi connectivity index (χ0) is 19.5. The van der Waals surface area contributed by atoms with Crippen LogP contribution < -0.4 is 10.1 Å². The summed E-state index contributed by atoms with van der Waals surface area (Å²) in [7, 11) is 0. The molecule has 0 aliphatic carbocycles. The van der Waals surface area contributed by atoms with Gasteiger partial charge in [-0.1, -0.05) is 36.4 Å². The first kappa shape index (κ1) is 18.1. The highest BCUT2D eigenvalue weighted by molar-refractivity contribution is 7.14. The Morgan fingerprint density at radius 1 is 1.07 bits per heavy atom. The molecule has 0 aliphatic heterocycles. The number of aromatic nitrogens is 1. The Morgan fingerprint density at radius 2 is 1.89 bits per heavy atom. The molecule has 0 bridgehead atoms. The lowest BCUT2D eigenvalue weighted by molar-refractivity contribution is -0.118. The largest absolute Gasteiger partial charge is 0.483 e. The van der Waals surface area contributed by atoms with Crippen molar-refractivity contribution < 1.29 is 18.3 Å². The van der Waals surface area contributed by atoms with Gasteiger partial charge in [0, 0.05) is 16.3 Å². The summed E-state index contributed by atoms with van der Waals surface area (Å²) < 4.78 is 32.8. The van der Waals surface area contributed by atoms with Gasteiger partial charge in [0.25, 0.3) is 5.91 Å². The number of hydrogen-bond acceptors (Lipinski definition) is 4. The van der Waals surface area contributed by atoms with Crippen molar-refractivity contribution in [2.75, 3.05) is 11.9 Å². The van der Waals surface area contributed by atoms with Crippen LogP contribution in [0.3, 0.4) is 0 Å². The standard InChI is InChI=1S/C21H14F2N2O2S/c22-14-8-9-17(23)16(10-14)18-12-28-21(24-18)25-20(26)11-27-19-7-3-5-13-4-1-2-6-15(13)19/h1-10,12H,11H2,(H,24,25,26). The van der Waals surface area contributed by atoms with Crippen LogP contribution in [0.15, 0.2) is 66.0 Å². The Bertz CT molecular complexity index is 1150. The van der Waals surface area contributed by atoms with E-state index in [1.165, 1.54) is 0 Å². The van der Waals surface area contributed by atoms with Crippen LogP contribution in [0.4, 0.5) is 13.9 Å². The molecule has 0 fully saturated rings. The topological polar surface area (TPSA) is 51.2 Å². The Labute approximate surface area is 163 Å². The number of anilines is 1. The second-order valence-electron chi connectivity index (χ2n) is 5.98. The number of carbonyl (C=O) groups excluding carboxylic acids is 1. The molecule has 4 rings (SSSR count). The molecular formula is C21H14F2N2O2S. The van der Waals surface area contributed by atoms with E-state index in [9.17, 15) is 13.6 Å². The van der Waals surface area contributed by atoms with Gasteiger partial charge in [-0.3, -0.25) is 10.1 Å². The molecule has 0 unspecified atom stereocenters. The predicted octanol–water partition coefficient (Wildman–Crippen LogP) is 5.26. The minimum atomic E-state index is -0.580. The number of nitrogens with one attached hydrogen (secondary N) is 1. The summed E-state index contributed by atoms with van der Waals surface area (Å²) >= 11 is 1.12. The summed E-state index contributed by atoms with van der Waals surface area (Å²) in [5.41, 5.74) is 0.302. The highest BCUT2D eigenvalue weighted by atomic mass is 32.1. The first-order valence-corrected chi connectivity index (χ1v) is 9.29. The third-order valence-electron chi connectivity index (χ3n) is 4.06. The molecule has 0 atom stereocenters. The number of ether oxygens (including phenoxy) is 1. The minimum Gasteiger partial charge on any atom is -0.483 e. The van der Waals surface area contributed by atoms with Gasteiger partial charge < -0.3 is 4.74 Å². The molecular weight excluding hydrogens is 382 g/mol. The van der Waals surface area contributed by atoms with Gasteiger partial charge >= 0.3 is 0 Å². The van der Waals surface area contributed by atoms with Crippen LogP contribution in [-0.4, -0.2) is 17.5 Å². The number of fused-ring (bicyclic) bond motifs is 1. The third-order valence-corrected chi connectivity index (χ3v) is 4.82. The molecule has 1 amide bonds. The van der Waals surface area contributed by atoms with E-state index in [1.807, 2.05) is 36.4 Å². The van der Waals surface area contributed by atoms with Gasteiger partial charge in [0.05, 0.1) is 5.69 Å². The molecule has 0 spiro atoms. The first-order chi connectivity index (χ1) is 13.6. The average molecular weight is 396 g/mol. The van der Waals surface area contributed by atoms with Gasteiger partial charge in [-0.25, -0.2) is 13.8 Å². The second kappa shape index (κ2) is 7.74. The molecule has 3 aromatic carbocycles. The van der Waals surface area contributed by atoms with E-state index in [1.54, 1.807) is 11.4 Å². The Hall–Kier alpha value is -3.32. The Kier molecular flexibility index (Phi) is 4.99. The van der Waals surface area contributed by atoms with Gasteiger partial charge in [-0.2, -0.15) is 0 Å². The molecule has 1 heterocycles. The summed E-state index contributed by atoms with van der Waals surface area (Å²) in [6, 6.07) is 16.5. The van der Waals surface area contributed by atoms with E-state index < -0.39 is 17.5 Å². The van der Waals surface area contributed by atoms with Crippen LogP contribution in [0, 0.1) is 11.6 Å². The van der Waals surface area contributed by atoms with Crippen LogP contribution in [-0.2, 0) is 4.79 Å². The van der Waals surface area contributed by atoms with Gasteiger partial charge in [0.15, 0.2) is 11.7 Å². The van der Waals surface area contributed by atoms with E-state index in [-0.39, 0.29) is 23.0 Å². The fraction of sp³-hybridized carbons (Fsp3) is 0.0476. The van der Waals surface area contributed by atoms with Crippen molar-refractivity contribution in [2.24, 2.45) is 0 Å². The normalized spacial score (nSPS) is 10.8. The number of amides is 1. The zero-order valence-corrected chi connectivity index (χ0v) is 15.3. The van der Waals surface area contributed by atoms with Gasteiger partial charge in [0.2, 0.25) is 0 Å². The monoisotopic (exact) mass is 396 g/mol. The minimum absolute atomic E-state index is 0.0451. The van der Waals surface area contributed by atoms with Crippen LogP contribution in [0.2, 0.25) is 0 Å². The number of hydrogen-bond donors (Lipinski definition) is 1. The Balaban J connectivity index is 1.43. The van der Waals surface area contributed by atoms with Crippen molar-refractivity contribution in [1.82, 2.24) is 4.98 Å². The molecule has 0 aliphatic rings. The van der Waals surface area contributed by atoms with Crippen molar-refractivity contribution in [3.8, 4) is 17.0 Å². The summed E-state index contributed by atoms with van der Waals surface area (Å²) in [5, 5.41) is 6.38. The lowest BCUT2D eigenvalue weighted by Crippen LogP contribution is -2.20. The van der Waals surface area contributed by atoms with Gasteiger partial charge in [0.1, 0.15) is 17.4 Å². The average Bonchev–Trinajstić information content (AvgIpc) is 3.16. The van der Waals surface area contributed by atoms with Gasteiger partial charge in [-0.15, -0.1) is 11.3 Å². The van der Waals surface area contributed by atoms with E-state index in [2.05, 4.69) is 10.3 Å². The molecule has 0 saturated heterocycles. The highest BCUT2D eigenvalue weighted by Crippen LogP contribution is 2.28. The van der Waals surface area contributed by atoms with Crippen LogP contribution in [0.1, 0.15) is 0 Å². The maximum Gasteiger partial charge on any atom is 0.264 e. The highest BCUT2D eigenvalue weighted by Gasteiger charge is 2.13. The molecule has 0 radical (unpaired) electrons. The molecule has 4 nitrogen and oxygen atoms in total. The molecule has 0 saturated carbocycles. The molecule has 1 N–H and O–H groups in total. The predicted molar refractivity (Wildman–Crippen MR) is 106 cm³/mol.